The summed E-state index contributed by atoms with van der Waals surface area (Å²) in [6.45, 7) is 0. The fourth-order valence-electron chi connectivity index (χ4n) is 0.986. The van der Waals surface area contributed by atoms with Gasteiger partial charge in [-0.05, 0) is 23.8 Å². The van der Waals surface area contributed by atoms with Gasteiger partial charge in [-0.15, -0.1) is 0 Å². The van der Waals surface area contributed by atoms with Crippen LogP contribution in [0.5, 0.6) is 0 Å². The van der Waals surface area contributed by atoms with E-state index in [0.717, 1.165) is 0 Å². The lowest BCUT2D eigenvalue weighted by atomic mass is 10.1. The number of alkyl halides is 3. The Bertz CT molecular complexity index is 344. The minimum absolute atomic E-state index is 0.103. The van der Waals surface area contributed by atoms with E-state index in [0.29, 0.717) is 10.9 Å². The summed E-state index contributed by atoms with van der Waals surface area (Å²) in [7, 11) is 0. The summed E-state index contributed by atoms with van der Waals surface area (Å²) >= 11 is 3.15. The molecule has 0 radical (unpaired) electrons. The zero-order valence-electron chi connectivity index (χ0n) is 6.60. The molecule has 1 rings (SSSR count). The van der Waals surface area contributed by atoms with E-state index in [1.807, 2.05) is 6.07 Å². The average Bonchev–Trinajstić information content (AvgIpc) is 2.16. The summed E-state index contributed by atoms with van der Waals surface area (Å²) in [5.74, 6) is 0. The van der Waals surface area contributed by atoms with Gasteiger partial charge in [0.15, 0.2) is 0 Å². The van der Waals surface area contributed by atoms with Crippen LogP contribution in [0.2, 0.25) is 0 Å². The van der Waals surface area contributed by atoms with Gasteiger partial charge < -0.3 is 0 Å². The molecule has 13 heavy (non-hydrogen) atoms. The van der Waals surface area contributed by atoms with E-state index in [2.05, 4.69) is 15.9 Å². The molecule has 0 bridgehead atoms. The third-order valence-electron chi connectivity index (χ3n) is 1.55. The molecule has 0 aliphatic rings. The van der Waals surface area contributed by atoms with Crippen LogP contribution in [-0.4, -0.2) is 0 Å². The van der Waals surface area contributed by atoms with Gasteiger partial charge in [-0.25, -0.2) is 8.78 Å². The van der Waals surface area contributed by atoms with Crippen molar-refractivity contribution in [3.8, 4) is 6.07 Å². The maximum absolute atomic E-state index is 12.3. The quantitative estimate of drug-likeness (QED) is 0.733. The van der Waals surface area contributed by atoms with Crippen molar-refractivity contribution in [1.29, 1.82) is 5.26 Å². The molecule has 0 amide bonds. The Morgan fingerprint density at radius 2 is 2.08 bits per heavy atom. The zero-order valence-corrected chi connectivity index (χ0v) is 8.18. The van der Waals surface area contributed by atoms with E-state index in [4.69, 9.17) is 5.26 Å². The minimum atomic E-state index is -2.52. The Kier molecular flexibility index (Phi) is 3.38. The van der Waals surface area contributed by atoms with Crippen LogP contribution in [0, 0.1) is 11.3 Å². The van der Waals surface area contributed by atoms with Crippen LogP contribution < -0.4 is 0 Å². The van der Waals surface area contributed by atoms with Gasteiger partial charge in [0.25, 0.3) is 6.43 Å². The average molecular weight is 246 g/mol. The highest BCUT2D eigenvalue weighted by Gasteiger charge is 2.09. The van der Waals surface area contributed by atoms with E-state index < -0.39 is 6.43 Å². The molecule has 0 fully saturated rings. The molecule has 1 aromatic carbocycles. The van der Waals surface area contributed by atoms with E-state index in [-0.39, 0.29) is 11.1 Å². The van der Waals surface area contributed by atoms with Gasteiger partial charge in [0.05, 0.1) is 11.6 Å². The first-order chi connectivity index (χ1) is 6.17. The fraction of sp³-hybridized carbons (Fsp3) is 0.222. The molecule has 0 N–H and O–H groups in total. The molecule has 0 heterocycles. The third kappa shape index (κ3) is 2.49. The van der Waals surface area contributed by atoms with Gasteiger partial charge in [0.1, 0.15) is 0 Å². The summed E-state index contributed by atoms with van der Waals surface area (Å²) in [6.07, 6.45) is -2.52. The van der Waals surface area contributed by atoms with Crippen molar-refractivity contribution in [2.45, 2.75) is 11.8 Å². The Morgan fingerprint density at radius 1 is 1.38 bits per heavy atom. The lowest BCUT2D eigenvalue weighted by molar-refractivity contribution is 0.151. The van der Waals surface area contributed by atoms with Crippen LogP contribution in [0.3, 0.4) is 0 Å². The van der Waals surface area contributed by atoms with E-state index >= 15 is 0 Å². The molecule has 0 aliphatic heterocycles. The molecule has 0 saturated heterocycles. The van der Waals surface area contributed by atoms with Crippen LogP contribution in [0.15, 0.2) is 18.2 Å². The molecule has 1 aromatic rings. The van der Waals surface area contributed by atoms with Crippen LogP contribution >= 0.6 is 15.9 Å². The lowest BCUT2D eigenvalue weighted by Gasteiger charge is -2.02. The SMILES string of the molecule is N#Cc1cc(CBr)cc(C(F)F)c1. The Morgan fingerprint density at radius 3 is 2.54 bits per heavy atom. The van der Waals surface area contributed by atoms with Gasteiger partial charge in [-0.3, -0.25) is 0 Å². The molecular formula is C9H6BrF2N. The van der Waals surface area contributed by atoms with E-state index in [1.54, 1.807) is 6.07 Å². The number of hydrogen-bond acceptors (Lipinski definition) is 1. The first-order valence-electron chi connectivity index (χ1n) is 3.55. The highest BCUT2D eigenvalue weighted by molar-refractivity contribution is 9.08. The largest absolute Gasteiger partial charge is 0.263 e. The first kappa shape index (κ1) is 10.1. The summed E-state index contributed by atoms with van der Waals surface area (Å²) < 4.78 is 24.5. The molecule has 0 spiro atoms. The van der Waals surface area contributed by atoms with Gasteiger partial charge in [0, 0.05) is 10.9 Å². The topological polar surface area (TPSA) is 23.8 Å². The highest BCUT2D eigenvalue weighted by atomic mass is 79.9. The molecule has 0 aliphatic carbocycles. The second kappa shape index (κ2) is 4.33. The number of hydrogen-bond donors (Lipinski definition) is 0. The smallest absolute Gasteiger partial charge is 0.205 e. The van der Waals surface area contributed by atoms with Crippen LogP contribution in [0.4, 0.5) is 8.78 Å². The van der Waals surface area contributed by atoms with E-state index in [9.17, 15) is 8.78 Å². The van der Waals surface area contributed by atoms with Crippen molar-refractivity contribution in [2.24, 2.45) is 0 Å². The summed E-state index contributed by atoms with van der Waals surface area (Å²) in [5, 5.41) is 9.03. The predicted octanol–water partition coefficient (Wildman–Crippen LogP) is 3.39. The lowest BCUT2D eigenvalue weighted by Crippen LogP contribution is -1.89. The summed E-state index contributed by atoms with van der Waals surface area (Å²) in [6, 6.07) is 6.02. The van der Waals surface area contributed by atoms with Gasteiger partial charge >= 0.3 is 0 Å². The van der Waals surface area contributed by atoms with Gasteiger partial charge in [-0.1, -0.05) is 15.9 Å². The van der Waals surface area contributed by atoms with Crippen molar-refractivity contribution in [3.05, 3.63) is 34.9 Å². The zero-order chi connectivity index (χ0) is 9.84. The third-order valence-corrected chi connectivity index (χ3v) is 2.20. The van der Waals surface area contributed by atoms with Crippen molar-refractivity contribution in [1.82, 2.24) is 0 Å². The number of nitriles is 1. The van der Waals surface area contributed by atoms with Crippen LogP contribution in [0.25, 0.3) is 0 Å². The summed E-state index contributed by atoms with van der Waals surface area (Å²) in [5.41, 5.74) is 0.857. The molecule has 0 aromatic heterocycles. The molecule has 4 heteroatoms. The number of nitrogens with zero attached hydrogens (tertiary/aromatic N) is 1. The van der Waals surface area contributed by atoms with Crippen LogP contribution in [-0.2, 0) is 5.33 Å². The molecule has 68 valence electrons. The van der Waals surface area contributed by atoms with Crippen molar-refractivity contribution in [2.75, 3.05) is 0 Å². The highest BCUT2D eigenvalue weighted by Crippen LogP contribution is 2.22. The Balaban J connectivity index is 3.17. The van der Waals surface area contributed by atoms with Gasteiger partial charge in [-0.2, -0.15) is 5.26 Å². The van der Waals surface area contributed by atoms with E-state index in [1.165, 1.54) is 12.1 Å². The van der Waals surface area contributed by atoms with Crippen molar-refractivity contribution in [3.63, 3.8) is 0 Å². The first-order valence-corrected chi connectivity index (χ1v) is 4.67. The number of benzene rings is 1. The second-order valence-corrected chi connectivity index (χ2v) is 3.07. The number of rotatable bonds is 2. The normalized spacial score (nSPS) is 10.1. The predicted molar refractivity (Wildman–Crippen MR) is 48.7 cm³/mol. The molecule has 0 saturated carbocycles. The summed E-state index contributed by atoms with van der Waals surface area (Å²) in [4.78, 5) is 0. The van der Waals surface area contributed by atoms with Crippen molar-refractivity contribution < 1.29 is 8.78 Å². The second-order valence-electron chi connectivity index (χ2n) is 2.51. The maximum Gasteiger partial charge on any atom is 0.263 e. The van der Waals surface area contributed by atoms with Crippen molar-refractivity contribution >= 4 is 15.9 Å². The maximum atomic E-state index is 12.3. The Hall–Kier alpha value is -0.950. The standard InChI is InChI=1S/C9H6BrF2N/c10-4-6-1-7(5-13)3-8(2-6)9(11)12/h1-3,9H,4H2. The Labute approximate surface area is 83.1 Å². The minimum Gasteiger partial charge on any atom is -0.205 e. The fourth-order valence-corrected chi connectivity index (χ4v) is 1.31. The number of halogens is 3. The van der Waals surface area contributed by atoms with Gasteiger partial charge in [0.2, 0.25) is 0 Å². The molecule has 1 nitrogen and oxygen atoms in total. The molecule has 0 atom stereocenters. The monoisotopic (exact) mass is 245 g/mol. The molecule has 0 unspecified atom stereocenters. The molecular weight excluding hydrogens is 240 g/mol. The van der Waals surface area contributed by atoms with Crippen LogP contribution in [0.1, 0.15) is 23.1 Å².